The van der Waals surface area contributed by atoms with Gasteiger partial charge < -0.3 is 19.7 Å². The third-order valence-electron chi connectivity index (χ3n) is 4.40. The van der Waals surface area contributed by atoms with Crippen molar-refractivity contribution in [3.63, 3.8) is 0 Å². The third kappa shape index (κ3) is 4.87. The standard InChI is InChI=1S/C19H28N2O4/c1-19(2,3)18(23)20-14-6-8-21(9-7-14)17(22)13-10-15(24-4)12-16(11-13)25-5/h10-12,14H,6-9H2,1-5H3,(H,20,23). The summed E-state index contributed by atoms with van der Waals surface area (Å²) in [6.07, 6.45) is 1.52. The van der Waals surface area contributed by atoms with Crippen LogP contribution < -0.4 is 14.8 Å². The number of likely N-dealkylation sites (tertiary alicyclic amines) is 1. The van der Waals surface area contributed by atoms with Gasteiger partial charge in [0.25, 0.3) is 5.91 Å². The first-order valence-corrected chi connectivity index (χ1v) is 8.58. The summed E-state index contributed by atoms with van der Waals surface area (Å²) in [6, 6.07) is 5.30. The van der Waals surface area contributed by atoms with Crippen LogP contribution in [0.3, 0.4) is 0 Å². The molecule has 2 rings (SSSR count). The van der Waals surface area contributed by atoms with E-state index < -0.39 is 5.41 Å². The Morgan fingerprint density at radius 2 is 1.56 bits per heavy atom. The largest absolute Gasteiger partial charge is 0.497 e. The summed E-state index contributed by atoms with van der Waals surface area (Å²) >= 11 is 0. The van der Waals surface area contributed by atoms with Gasteiger partial charge in [-0.3, -0.25) is 9.59 Å². The molecule has 1 heterocycles. The van der Waals surface area contributed by atoms with Gasteiger partial charge in [-0.1, -0.05) is 20.8 Å². The van der Waals surface area contributed by atoms with Crippen LogP contribution in [0.2, 0.25) is 0 Å². The second-order valence-corrected chi connectivity index (χ2v) is 7.39. The lowest BCUT2D eigenvalue weighted by Gasteiger charge is -2.33. The third-order valence-corrected chi connectivity index (χ3v) is 4.40. The fourth-order valence-corrected chi connectivity index (χ4v) is 2.74. The van der Waals surface area contributed by atoms with Gasteiger partial charge in [-0.05, 0) is 25.0 Å². The Kier molecular flexibility index (Phi) is 5.93. The highest BCUT2D eigenvalue weighted by molar-refractivity contribution is 5.95. The predicted molar refractivity (Wildman–Crippen MR) is 96.1 cm³/mol. The number of ether oxygens (including phenoxy) is 2. The van der Waals surface area contributed by atoms with Gasteiger partial charge in [-0.2, -0.15) is 0 Å². The molecule has 6 heteroatoms. The zero-order valence-corrected chi connectivity index (χ0v) is 15.7. The van der Waals surface area contributed by atoms with E-state index in [4.69, 9.17) is 9.47 Å². The Hall–Kier alpha value is -2.24. The molecule has 0 unspecified atom stereocenters. The molecule has 6 nitrogen and oxygen atoms in total. The molecule has 0 atom stereocenters. The minimum Gasteiger partial charge on any atom is -0.497 e. The molecule has 138 valence electrons. The summed E-state index contributed by atoms with van der Waals surface area (Å²) in [5.41, 5.74) is 0.151. The Morgan fingerprint density at radius 3 is 2.00 bits per heavy atom. The summed E-state index contributed by atoms with van der Waals surface area (Å²) in [5.74, 6) is 1.19. The minimum atomic E-state index is -0.399. The van der Waals surface area contributed by atoms with Gasteiger partial charge in [-0.25, -0.2) is 0 Å². The van der Waals surface area contributed by atoms with Crippen LogP contribution in [-0.2, 0) is 4.79 Å². The maximum absolute atomic E-state index is 12.8. The van der Waals surface area contributed by atoms with Crippen molar-refractivity contribution in [1.82, 2.24) is 10.2 Å². The lowest BCUT2D eigenvalue weighted by Crippen LogP contribution is -2.49. The molecule has 0 aliphatic carbocycles. The van der Waals surface area contributed by atoms with Gasteiger partial charge >= 0.3 is 0 Å². The Morgan fingerprint density at radius 1 is 1.04 bits per heavy atom. The van der Waals surface area contributed by atoms with Crippen molar-refractivity contribution in [2.24, 2.45) is 5.41 Å². The normalized spacial score (nSPS) is 15.6. The van der Waals surface area contributed by atoms with Crippen molar-refractivity contribution in [2.75, 3.05) is 27.3 Å². The van der Waals surface area contributed by atoms with E-state index in [0.717, 1.165) is 12.8 Å². The first-order valence-electron chi connectivity index (χ1n) is 8.58. The molecule has 0 saturated carbocycles. The van der Waals surface area contributed by atoms with E-state index in [1.807, 2.05) is 25.7 Å². The summed E-state index contributed by atoms with van der Waals surface area (Å²) in [5, 5.41) is 3.08. The highest BCUT2D eigenvalue weighted by Gasteiger charge is 2.28. The molecule has 0 spiro atoms. The number of nitrogens with zero attached hydrogens (tertiary/aromatic N) is 1. The van der Waals surface area contributed by atoms with Gasteiger partial charge in [0, 0.05) is 36.2 Å². The molecule has 0 aromatic heterocycles. The Balaban J connectivity index is 1.99. The molecule has 1 aromatic rings. The van der Waals surface area contributed by atoms with Gasteiger partial charge in [0.05, 0.1) is 14.2 Å². The second kappa shape index (κ2) is 7.76. The summed E-state index contributed by atoms with van der Waals surface area (Å²) in [6.45, 7) is 6.94. The van der Waals surface area contributed by atoms with E-state index in [1.54, 1.807) is 32.4 Å². The number of hydrogen-bond acceptors (Lipinski definition) is 4. The molecule has 1 N–H and O–H groups in total. The van der Waals surface area contributed by atoms with Crippen molar-refractivity contribution in [3.05, 3.63) is 23.8 Å². The molecular weight excluding hydrogens is 320 g/mol. The number of benzene rings is 1. The molecule has 0 bridgehead atoms. The van der Waals surface area contributed by atoms with E-state index >= 15 is 0 Å². The van der Waals surface area contributed by atoms with Crippen molar-refractivity contribution in [1.29, 1.82) is 0 Å². The van der Waals surface area contributed by atoms with Crippen LogP contribution in [0.5, 0.6) is 11.5 Å². The second-order valence-electron chi connectivity index (χ2n) is 7.39. The number of nitrogens with one attached hydrogen (secondary N) is 1. The highest BCUT2D eigenvalue weighted by atomic mass is 16.5. The van der Waals surface area contributed by atoms with Crippen molar-refractivity contribution < 1.29 is 19.1 Å². The maximum atomic E-state index is 12.8. The van der Waals surface area contributed by atoms with Crippen molar-refractivity contribution in [3.8, 4) is 11.5 Å². The number of carbonyl (C=O) groups is 2. The molecule has 1 aliphatic heterocycles. The number of methoxy groups -OCH3 is 2. The van der Waals surface area contributed by atoms with Gasteiger partial charge in [0.15, 0.2) is 0 Å². The van der Waals surface area contributed by atoms with Crippen LogP contribution >= 0.6 is 0 Å². The van der Waals surface area contributed by atoms with E-state index in [9.17, 15) is 9.59 Å². The monoisotopic (exact) mass is 348 g/mol. The Bertz CT molecular complexity index is 607. The van der Waals surface area contributed by atoms with Crippen LogP contribution in [-0.4, -0.2) is 50.1 Å². The van der Waals surface area contributed by atoms with Crippen LogP contribution in [0.1, 0.15) is 44.0 Å². The van der Waals surface area contributed by atoms with Crippen LogP contribution in [0, 0.1) is 5.41 Å². The van der Waals surface area contributed by atoms with Gasteiger partial charge in [-0.15, -0.1) is 0 Å². The van der Waals surface area contributed by atoms with Crippen molar-refractivity contribution >= 4 is 11.8 Å². The fourth-order valence-electron chi connectivity index (χ4n) is 2.74. The number of carbonyl (C=O) groups excluding carboxylic acids is 2. The zero-order valence-electron chi connectivity index (χ0n) is 15.7. The van der Waals surface area contributed by atoms with Crippen LogP contribution in [0.4, 0.5) is 0 Å². The van der Waals surface area contributed by atoms with E-state index in [1.165, 1.54) is 0 Å². The molecule has 1 aliphatic rings. The molecule has 1 saturated heterocycles. The van der Waals surface area contributed by atoms with E-state index in [-0.39, 0.29) is 17.9 Å². The average molecular weight is 348 g/mol. The van der Waals surface area contributed by atoms with Crippen LogP contribution in [0.15, 0.2) is 18.2 Å². The Labute approximate surface area is 149 Å². The van der Waals surface area contributed by atoms with E-state index in [2.05, 4.69) is 5.32 Å². The molecule has 25 heavy (non-hydrogen) atoms. The zero-order chi connectivity index (χ0) is 18.6. The topological polar surface area (TPSA) is 67.9 Å². The summed E-state index contributed by atoms with van der Waals surface area (Å²) in [4.78, 5) is 26.7. The number of rotatable bonds is 4. The molecular formula is C19H28N2O4. The van der Waals surface area contributed by atoms with Crippen LogP contribution in [0.25, 0.3) is 0 Å². The molecule has 1 aromatic carbocycles. The fraction of sp³-hybridized carbons (Fsp3) is 0.579. The lowest BCUT2D eigenvalue weighted by molar-refractivity contribution is -0.129. The number of piperidine rings is 1. The smallest absolute Gasteiger partial charge is 0.254 e. The van der Waals surface area contributed by atoms with Gasteiger partial charge in [0.1, 0.15) is 11.5 Å². The quantitative estimate of drug-likeness (QED) is 0.908. The summed E-state index contributed by atoms with van der Waals surface area (Å²) in [7, 11) is 3.12. The SMILES string of the molecule is COc1cc(OC)cc(C(=O)N2CCC(NC(=O)C(C)(C)C)CC2)c1. The predicted octanol–water partition coefficient (Wildman–Crippen LogP) is 2.47. The number of amides is 2. The molecule has 1 fully saturated rings. The first-order chi connectivity index (χ1) is 11.7. The minimum absolute atomic E-state index is 0.0437. The highest BCUT2D eigenvalue weighted by Crippen LogP contribution is 2.24. The lowest BCUT2D eigenvalue weighted by atomic mass is 9.94. The average Bonchev–Trinajstić information content (AvgIpc) is 2.60. The van der Waals surface area contributed by atoms with E-state index in [0.29, 0.717) is 30.2 Å². The molecule has 2 amide bonds. The maximum Gasteiger partial charge on any atom is 0.254 e. The first kappa shape index (κ1) is 19.1. The molecule has 0 radical (unpaired) electrons. The van der Waals surface area contributed by atoms with Crippen molar-refractivity contribution in [2.45, 2.75) is 39.7 Å². The summed E-state index contributed by atoms with van der Waals surface area (Å²) < 4.78 is 10.5. The number of hydrogen-bond donors (Lipinski definition) is 1. The van der Waals surface area contributed by atoms with Gasteiger partial charge in [0.2, 0.25) is 5.91 Å².